The lowest BCUT2D eigenvalue weighted by molar-refractivity contribution is -0.116. The summed E-state index contributed by atoms with van der Waals surface area (Å²) in [5, 5.41) is 2.69. The van der Waals surface area contributed by atoms with Gasteiger partial charge in [0.15, 0.2) is 0 Å². The Morgan fingerprint density at radius 1 is 1.12 bits per heavy atom. The molecule has 25 heavy (non-hydrogen) atoms. The van der Waals surface area contributed by atoms with Gasteiger partial charge in [-0.1, -0.05) is 36.4 Å². The summed E-state index contributed by atoms with van der Waals surface area (Å²) in [5.74, 6) is 0.0872. The third-order valence-electron chi connectivity index (χ3n) is 3.78. The lowest BCUT2D eigenvalue weighted by Crippen LogP contribution is -2.37. The molecule has 1 N–H and O–H groups in total. The van der Waals surface area contributed by atoms with E-state index in [2.05, 4.69) is 5.32 Å². The van der Waals surface area contributed by atoms with Crippen molar-refractivity contribution < 1.29 is 17.9 Å². The number of rotatable bonds is 7. The fraction of sp³-hybridized carbons (Fsp3) is 0.278. The van der Waals surface area contributed by atoms with E-state index in [1.54, 1.807) is 24.3 Å². The van der Waals surface area contributed by atoms with Crippen molar-refractivity contribution >= 4 is 21.6 Å². The molecular weight excluding hydrogens is 340 g/mol. The highest BCUT2D eigenvalue weighted by Gasteiger charge is 2.21. The van der Waals surface area contributed by atoms with E-state index < -0.39 is 15.9 Å². The van der Waals surface area contributed by atoms with Crippen LogP contribution in [0.15, 0.2) is 48.5 Å². The summed E-state index contributed by atoms with van der Waals surface area (Å²) in [5.41, 5.74) is 2.33. The number of benzene rings is 2. The first-order valence-corrected chi connectivity index (χ1v) is 9.58. The molecule has 2 aromatic rings. The van der Waals surface area contributed by atoms with E-state index >= 15 is 0 Å². The number of carbonyl (C=O) groups excluding carboxylic acids is 1. The van der Waals surface area contributed by atoms with E-state index in [0.29, 0.717) is 11.4 Å². The number of nitrogens with one attached hydrogen (secondary N) is 1. The molecule has 0 aliphatic carbocycles. The van der Waals surface area contributed by atoms with Gasteiger partial charge in [0.2, 0.25) is 15.9 Å². The monoisotopic (exact) mass is 362 g/mol. The zero-order chi connectivity index (χ0) is 18.4. The fourth-order valence-corrected chi connectivity index (χ4v) is 3.09. The molecule has 0 spiro atoms. The highest BCUT2D eigenvalue weighted by Crippen LogP contribution is 2.23. The van der Waals surface area contributed by atoms with Crippen molar-refractivity contribution in [2.75, 3.05) is 25.2 Å². The molecule has 0 aliphatic heterocycles. The average molecular weight is 362 g/mol. The highest BCUT2D eigenvalue weighted by atomic mass is 32.2. The molecule has 0 fully saturated rings. The van der Waals surface area contributed by atoms with Gasteiger partial charge >= 0.3 is 0 Å². The van der Waals surface area contributed by atoms with Crippen molar-refractivity contribution in [2.24, 2.45) is 0 Å². The number of ether oxygens (including phenoxy) is 1. The molecule has 134 valence electrons. The van der Waals surface area contributed by atoms with Crippen molar-refractivity contribution in [2.45, 2.75) is 13.5 Å². The average Bonchev–Trinajstić information content (AvgIpc) is 2.55. The Bertz CT molecular complexity index is 850. The predicted octanol–water partition coefficient (Wildman–Crippen LogP) is 2.40. The van der Waals surface area contributed by atoms with Crippen LogP contribution in [0.4, 0.5) is 5.69 Å². The van der Waals surface area contributed by atoms with Gasteiger partial charge in [-0.15, -0.1) is 0 Å². The van der Waals surface area contributed by atoms with Crippen LogP contribution in [-0.4, -0.2) is 38.5 Å². The van der Waals surface area contributed by atoms with Crippen LogP contribution in [0.2, 0.25) is 0 Å². The van der Waals surface area contributed by atoms with Crippen LogP contribution in [0.5, 0.6) is 5.75 Å². The van der Waals surface area contributed by atoms with Gasteiger partial charge < -0.3 is 10.1 Å². The Morgan fingerprint density at radius 2 is 1.76 bits per heavy atom. The van der Waals surface area contributed by atoms with E-state index in [-0.39, 0.29) is 13.1 Å². The van der Waals surface area contributed by atoms with Gasteiger partial charge in [0, 0.05) is 6.54 Å². The number of hydrogen-bond acceptors (Lipinski definition) is 4. The number of carbonyl (C=O) groups is 1. The first-order chi connectivity index (χ1) is 11.8. The molecule has 0 atom stereocenters. The van der Waals surface area contributed by atoms with Gasteiger partial charge in [-0.3, -0.25) is 4.79 Å². The second kappa shape index (κ2) is 8.13. The van der Waals surface area contributed by atoms with Gasteiger partial charge in [0.1, 0.15) is 5.75 Å². The van der Waals surface area contributed by atoms with Crippen LogP contribution in [0, 0.1) is 6.92 Å². The van der Waals surface area contributed by atoms with E-state index in [4.69, 9.17) is 4.74 Å². The maximum absolute atomic E-state index is 12.3. The zero-order valence-corrected chi connectivity index (χ0v) is 15.3. The van der Waals surface area contributed by atoms with Gasteiger partial charge in [-0.25, -0.2) is 8.42 Å². The molecule has 0 bridgehead atoms. The Labute approximate surface area is 148 Å². The van der Waals surface area contributed by atoms with Gasteiger partial charge in [0.25, 0.3) is 0 Å². The summed E-state index contributed by atoms with van der Waals surface area (Å²) in [6.45, 7) is 1.78. The van der Waals surface area contributed by atoms with E-state index in [9.17, 15) is 13.2 Å². The summed E-state index contributed by atoms with van der Waals surface area (Å²) in [4.78, 5) is 12.3. The van der Waals surface area contributed by atoms with Crippen LogP contribution >= 0.6 is 0 Å². The fourth-order valence-electron chi connectivity index (χ4n) is 2.37. The number of methoxy groups -OCH3 is 1. The molecule has 0 aromatic heterocycles. The number of anilines is 1. The maximum Gasteiger partial charge on any atom is 0.239 e. The minimum Gasteiger partial charge on any atom is -0.495 e. The van der Waals surface area contributed by atoms with Crippen molar-refractivity contribution in [3.05, 3.63) is 59.7 Å². The van der Waals surface area contributed by atoms with E-state index in [0.717, 1.165) is 21.7 Å². The highest BCUT2D eigenvalue weighted by molar-refractivity contribution is 7.88. The van der Waals surface area contributed by atoms with Crippen LogP contribution in [0.1, 0.15) is 11.1 Å². The molecule has 0 heterocycles. The molecule has 0 saturated carbocycles. The van der Waals surface area contributed by atoms with Gasteiger partial charge in [-0.05, 0) is 30.2 Å². The molecule has 0 aliphatic rings. The summed E-state index contributed by atoms with van der Waals surface area (Å²) >= 11 is 0. The third kappa shape index (κ3) is 5.30. The largest absolute Gasteiger partial charge is 0.495 e. The maximum atomic E-state index is 12.3. The van der Waals surface area contributed by atoms with Crippen molar-refractivity contribution in [3.63, 3.8) is 0 Å². The Kier molecular flexibility index (Phi) is 6.17. The second-order valence-corrected chi connectivity index (χ2v) is 7.69. The van der Waals surface area contributed by atoms with Crippen molar-refractivity contribution in [1.29, 1.82) is 0 Å². The lowest BCUT2D eigenvalue weighted by Gasteiger charge is -2.21. The standard InChI is InChI=1S/C18H22N2O4S/c1-14-8-4-5-9-15(14)12-20(25(3,22)23)13-18(21)19-16-10-6-7-11-17(16)24-2/h4-11H,12-13H2,1-3H3,(H,19,21). The topological polar surface area (TPSA) is 75.7 Å². The smallest absolute Gasteiger partial charge is 0.239 e. The molecule has 1 amide bonds. The minimum atomic E-state index is -3.54. The molecule has 6 nitrogen and oxygen atoms in total. The first kappa shape index (κ1) is 19.0. The van der Waals surface area contributed by atoms with E-state index in [1.165, 1.54) is 7.11 Å². The summed E-state index contributed by atoms with van der Waals surface area (Å²) in [6, 6.07) is 14.5. The molecule has 7 heteroatoms. The van der Waals surface area contributed by atoms with Gasteiger partial charge in [-0.2, -0.15) is 4.31 Å². The minimum absolute atomic E-state index is 0.144. The van der Waals surface area contributed by atoms with Crippen molar-refractivity contribution in [1.82, 2.24) is 4.31 Å². The number of para-hydroxylation sites is 2. The molecule has 2 aromatic carbocycles. The molecule has 0 unspecified atom stereocenters. The second-order valence-electron chi connectivity index (χ2n) is 5.71. The zero-order valence-electron chi connectivity index (χ0n) is 14.5. The lowest BCUT2D eigenvalue weighted by atomic mass is 10.1. The Morgan fingerprint density at radius 3 is 2.40 bits per heavy atom. The summed E-state index contributed by atoms with van der Waals surface area (Å²) < 4.78 is 30.5. The SMILES string of the molecule is COc1ccccc1NC(=O)CN(Cc1ccccc1C)S(C)(=O)=O. The van der Waals surface area contributed by atoms with Gasteiger partial charge in [0.05, 0.1) is 25.6 Å². The van der Waals surface area contributed by atoms with E-state index in [1.807, 2.05) is 31.2 Å². The molecular formula is C18H22N2O4S. The summed E-state index contributed by atoms with van der Waals surface area (Å²) in [7, 11) is -2.04. The number of nitrogens with zero attached hydrogens (tertiary/aromatic N) is 1. The Hall–Kier alpha value is -2.38. The normalized spacial score (nSPS) is 11.4. The number of aryl methyl sites for hydroxylation is 1. The number of amides is 1. The van der Waals surface area contributed by atoms with Crippen LogP contribution in [0.25, 0.3) is 0 Å². The first-order valence-electron chi connectivity index (χ1n) is 7.73. The molecule has 2 rings (SSSR count). The number of hydrogen-bond donors (Lipinski definition) is 1. The molecule has 0 saturated heterocycles. The number of sulfonamides is 1. The Balaban J connectivity index is 2.15. The quantitative estimate of drug-likeness (QED) is 0.821. The van der Waals surface area contributed by atoms with Crippen LogP contribution in [-0.2, 0) is 21.4 Å². The van der Waals surface area contributed by atoms with Crippen molar-refractivity contribution in [3.8, 4) is 5.75 Å². The predicted molar refractivity (Wildman–Crippen MR) is 98.1 cm³/mol. The molecule has 0 radical (unpaired) electrons. The summed E-state index contributed by atoms with van der Waals surface area (Å²) in [6.07, 6.45) is 1.10. The van der Waals surface area contributed by atoms with Crippen LogP contribution in [0.3, 0.4) is 0 Å². The third-order valence-corrected chi connectivity index (χ3v) is 4.97. The van der Waals surface area contributed by atoms with Crippen LogP contribution < -0.4 is 10.1 Å².